The average Bonchev–Trinajstić information content (AvgIpc) is 3.05. The number of fused-ring (bicyclic) bond motifs is 5. The van der Waals surface area contributed by atoms with Gasteiger partial charge in [-0.15, -0.1) is 5.10 Å². The minimum Gasteiger partial charge on any atom is -0.368 e. The Morgan fingerprint density at radius 3 is 2.48 bits per heavy atom. The lowest BCUT2D eigenvalue weighted by Crippen LogP contribution is -2.39. The predicted octanol–water partition coefficient (Wildman–Crippen LogP) is 4.14. The SMILES string of the molecule is CC1(C)[C@H]2CCC1(c1nc(N)ncc1F)c1nnc(-c3c(F)cccc3F)cc12. The van der Waals surface area contributed by atoms with E-state index in [2.05, 4.69) is 20.2 Å². The summed E-state index contributed by atoms with van der Waals surface area (Å²) in [6, 6.07) is 5.35. The average molecular weight is 397 g/mol. The summed E-state index contributed by atoms with van der Waals surface area (Å²) in [4.78, 5) is 7.97. The molecule has 0 amide bonds. The first kappa shape index (κ1) is 18.0. The van der Waals surface area contributed by atoms with Gasteiger partial charge in [-0.2, -0.15) is 5.10 Å². The van der Waals surface area contributed by atoms with Gasteiger partial charge in [-0.25, -0.2) is 23.1 Å². The predicted molar refractivity (Wildman–Crippen MR) is 100 cm³/mol. The van der Waals surface area contributed by atoms with Crippen LogP contribution in [-0.4, -0.2) is 20.2 Å². The third-order valence-corrected chi connectivity index (χ3v) is 6.77. The van der Waals surface area contributed by atoms with Gasteiger partial charge < -0.3 is 5.73 Å². The van der Waals surface area contributed by atoms with Crippen molar-refractivity contribution in [2.45, 2.75) is 38.0 Å². The molecule has 29 heavy (non-hydrogen) atoms. The molecule has 0 radical (unpaired) electrons. The Labute approximate surface area is 165 Å². The fourth-order valence-corrected chi connectivity index (χ4v) is 5.39. The second kappa shape index (κ2) is 5.75. The number of rotatable bonds is 2. The van der Waals surface area contributed by atoms with Gasteiger partial charge >= 0.3 is 0 Å². The molecule has 0 aliphatic heterocycles. The van der Waals surface area contributed by atoms with E-state index in [1.807, 2.05) is 13.8 Å². The lowest BCUT2D eigenvalue weighted by molar-refractivity contribution is 0.236. The van der Waals surface area contributed by atoms with Crippen LogP contribution in [0, 0.1) is 22.9 Å². The summed E-state index contributed by atoms with van der Waals surface area (Å²) >= 11 is 0. The quantitative estimate of drug-likeness (QED) is 0.703. The summed E-state index contributed by atoms with van der Waals surface area (Å²) < 4.78 is 43.4. The van der Waals surface area contributed by atoms with Crippen molar-refractivity contribution in [2.24, 2.45) is 5.41 Å². The molecule has 3 aromatic rings. The van der Waals surface area contributed by atoms with Crippen molar-refractivity contribution in [3.63, 3.8) is 0 Å². The molecule has 2 aliphatic rings. The van der Waals surface area contributed by atoms with Gasteiger partial charge in [0.1, 0.15) is 11.6 Å². The summed E-state index contributed by atoms with van der Waals surface area (Å²) in [6.45, 7) is 4.07. The Kier molecular flexibility index (Phi) is 3.57. The topological polar surface area (TPSA) is 77.6 Å². The summed E-state index contributed by atoms with van der Waals surface area (Å²) in [5, 5.41) is 8.49. The molecule has 2 N–H and O–H groups in total. The van der Waals surface area contributed by atoms with E-state index in [0.29, 0.717) is 12.1 Å². The Balaban J connectivity index is 1.76. The first-order chi connectivity index (χ1) is 13.8. The highest BCUT2D eigenvalue weighted by molar-refractivity contribution is 5.64. The molecule has 5 rings (SSSR count). The Hall–Kier alpha value is -3.03. The van der Waals surface area contributed by atoms with Crippen LogP contribution in [0.15, 0.2) is 30.5 Å². The molecule has 2 atom stereocenters. The van der Waals surface area contributed by atoms with Crippen LogP contribution in [0.5, 0.6) is 0 Å². The van der Waals surface area contributed by atoms with Crippen molar-refractivity contribution in [2.75, 3.05) is 5.73 Å². The summed E-state index contributed by atoms with van der Waals surface area (Å²) in [7, 11) is 0. The van der Waals surface area contributed by atoms with E-state index in [1.54, 1.807) is 6.07 Å². The van der Waals surface area contributed by atoms with E-state index in [9.17, 15) is 13.2 Å². The van der Waals surface area contributed by atoms with Crippen molar-refractivity contribution in [3.05, 3.63) is 64.9 Å². The van der Waals surface area contributed by atoms with Crippen LogP contribution < -0.4 is 5.73 Å². The molecule has 2 aromatic heterocycles. The maximum atomic E-state index is 14.8. The monoisotopic (exact) mass is 397 g/mol. The number of nitrogen functional groups attached to an aromatic ring is 1. The molecular formula is C21H18F3N5. The number of nitrogens with zero attached hydrogens (tertiary/aromatic N) is 4. The smallest absolute Gasteiger partial charge is 0.220 e. The van der Waals surface area contributed by atoms with Crippen molar-refractivity contribution >= 4 is 5.95 Å². The molecule has 148 valence electrons. The van der Waals surface area contributed by atoms with Gasteiger partial charge in [0.2, 0.25) is 5.95 Å². The van der Waals surface area contributed by atoms with Crippen molar-refractivity contribution in [3.8, 4) is 11.3 Å². The minimum atomic E-state index is -0.826. The number of anilines is 1. The molecule has 0 saturated heterocycles. The van der Waals surface area contributed by atoms with Crippen molar-refractivity contribution in [1.29, 1.82) is 0 Å². The number of hydrogen-bond acceptors (Lipinski definition) is 5. The number of benzene rings is 1. The van der Waals surface area contributed by atoms with Crippen LogP contribution in [0.3, 0.4) is 0 Å². The highest BCUT2D eigenvalue weighted by atomic mass is 19.1. The van der Waals surface area contributed by atoms with Gasteiger partial charge in [0.15, 0.2) is 5.82 Å². The molecule has 8 heteroatoms. The van der Waals surface area contributed by atoms with E-state index in [0.717, 1.165) is 18.2 Å². The zero-order valence-electron chi connectivity index (χ0n) is 15.9. The third kappa shape index (κ3) is 2.17. The second-order valence-corrected chi connectivity index (χ2v) is 8.27. The molecule has 2 heterocycles. The molecule has 5 nitrogen and oxygen atoms in total. The van der Waals surface area contributed by atoms with Gasteiger partial charge in [0.05, 0.1) is 34.3 Å². The van der Waals surface area contributed by atoms with Gasteiger partial charge in [0, 0.05) is 0 Å². The molecule has 2 bridgehead atoms. The number of aromatic nitrogens is 4. The van der Waals surface area contributed by atoms with Gasteiger partial charge in [-0.05, 0) is 47.9 Å². The number of hydrogen-bond donors (Lipinski definition) is 1. The molecular weight excluding hydrogens is 379 g/mol. The molecule has 0 spiro atoms. The standard InChI is InChI=1S/C21H18F3N5/c1-20(2)11-6-7-21(20,18-14(24)9-26-19(25)27-18)17-10(11)8-15(28-29-17)16-12(22)4-3-5-13(16)23/h3-5,8-9,11H,6-7H2,1-2H3,(H2,25,26,27)/t11-,21?/m0/s1. The fraction of sp³-hybridized carbons (Fsp3) is 0.333. The third-order valence-electron chi connectivity index (χ3n) is 6.77. The van der Waals surface area contributed by atoms with Crippen molar-refractivity contribution in [1.82, 2.24) is 20.2 Å². The first-order valence-electron chi connectivity index (χ1n) is 9.38. The van der Waals surface area contributed by atoms with E-state index < -0.39 is 28.3 Å². The summed E-state index contributed by atoms with van der Waals surface area (Å²) in [5.41, 5.74) is 6.03. The molecule has 1 fully saturated rings. The van der Waals surface area contributed by atoms with Crippen LogP contribution in [0.1, 0.15) is 49.6 Å². The van der Waals surface area contributed by atoms with Gasteiger partial charge in [-0.1, -0.05) is 19.9 Å². The van der Waals surface area contributed by atoms with E-state index in [1.165, 1.54) is 18.2 Å². The Bertz CT molecular complexity index is 1140. The zero-order chi connectivity index (χ0) is 20.6. The maximum Gasteiger partial charge on any atom is 0.220 e. The molecule has 1 saturated carbocycles. The van der Waals surface area contributed by atoms with E-state index >= 15 is 0 Å². The molecule has 1 aromatic carbocycles. The van der Waals surface area contributed by atoms with E-state index in [4.69, 9.17) is 5.73 Å². The van der Waals surface area contributed by atoms with Crippen molar-refractivity contribution < 1.29 is 13.2 Å². The maximum absolute atomic E-state index is 14.8. The lowest BCUT2D eigenvalue weighted by atomic mass is 9.66. The molecule has 2 aliphatic carbocycles. The number of nitrogens with two attached hydrogens (primary N) is 1. The highest BCUT2D eigenvalue weighted by Crippen LogP contribution is 2.69. The Morgan fingerprint density at radius 2 is 1.76 bits per heavy atom. The normalized spacial score (nSPS) is 24.0. The summed E-state index contributed by atoms with van der Waals surface area (Å²) in [5.74, 6) is -1.94. The summed E-state index contributed by atoms with van der Waals surface area (Å²) in [6.07, 6.45) is 2.48. The van der Waals surface area contributed by atoms with Crippen LogP contribution >= 0.6 is 0 Å². The zero-order valence-corrected chi connectivity index (χ0v) is 15.9. The lowest BCUT2D eigenvalue weighted by Gasteiger charge is -2.37. The second-order valence-electron chi connectivity index (χ2n) is 8.27. The first-order valence-corrected chi connectivity index (χ1v) is 9.38. The van der Waals surface area contributed by atoms with Crippen LogP contribution in [0.2, 0.25) is 0 Å². The molecule has 1 unspecified atom stereocenters. The largest absolute Gasteiger partial charge is 0.368 e. The number of halogens is 3. The van der Waals surface area contributed by atoms with Gasteiger partial charge in [-0.3, -0.25) is 0 Å². The minimum absolute atomic E-state index is 0.0125. The van der Waals surface area contributed by atoms with Crippen LogP contribution in [0.4, 0.5) is 19.1 Å². The van der Waals surface area contributed by atoms with Crippen LogP contribution in [-0.2, 0) is 5.41 Å². The van der Waals surface area contributed by atoms with Crippen LogP contribution in [0.25, 0.3) is 11.3 Å². The van der Waals surface area contributed by atoms with E-state index in [-0.39, 0.29) is 28.8 Å². The van der Waals surface area contributed by atoms with Gasteiger partial charge in [0.25, 0.3) is 0 Å². The fourth-order valence-electron chi connectivity index (χ4n) is 5.39. The highest BCUT2D eigenvalue weighted by Gasteiger charge is 2.65. The Morgan fingerprint density at radius 1 is 1.03 bits per heavy atom.